The fourth-order valence-corrected chi connectivity index (χ4v) is 3.75. The zero-order valence-electron chi connectivity index (χ0n) is 13.5. The lowest BCUT2D eigenvalue weighted by molar-refractivity contribution is -0.159. The molecule has 4 nitrogen and oxygen atoms in total. The summed E-state index contributed by atoms with van der Waals surface area (Å²) in [5.74, 6) is 1.51. The van der Waals surface area contributed by atoms with E-state index in [0.717, 1.165) is 45.1 Å². The van der Waals surface area contributed by atoms with Crippen molar-refractivity contribution in [1.82, 2.24) is 10.2 Å². The van der Waals surface area contributed by atoms with Gasteiger partial charge in [0.1, 0.15) is 11.6 Å². The Kier molecular flexibility index (Phi) is 3.74. The van der Waals surface area contributed by atoms with Gasteiger partial charge in [-0.25, -0.2) is 0 Å². The van der Waals surface area contributed by atoms with E-state index in [0.29, 0.717) is 17.8 Å². The summed E-state index contributed by atoms with van der Waals surface area (Å²) in [6.07, 6.45) is 6.44. The van der Waals surface area contributed by atoms with Crippen LogP contribution < -0.4 is 5.32 Å². The van der Waals surface area contributed by atoms with Crippen molar-refractivity contribution in [2.24, 2.45) is 17.8 Å². The molecule has 2 amide bonds. The molecule has 1 saturated heterocycles. The average Bonchev–Trinajstić information content (AvgIpc) is 3.34. The third-order valence-electron chi connectivity index (χ3n) is 5.90. The molecule has 3 rings (SSSR count). The maximum Gasteiger partial charge on any atom is 0.246 e. The van der Waals surface area contributed by atoms with Gasteiger partial charge in [-0.2, -0.15) is 0 Å². The van der Waals surface area contributed by atoms with E-state index in [4.69, 9.17) is 0 Å². The van der Waals surface area contributed by atoms with Crippen molar-refractivity contribution in [2.45, 2.75) is 70.9 Å². The quantitative estimate of drug-likeness (QED) is 0.817. The summed E-state index contributed by atoms with van der Waals surface area (Å²) in [5.41, 5.74) is -0.606. The van der Waals surface area contributed by atoms with Crippen molar-refractivity contribution >= 4 is 11.8 Å². The molecule has 0 bridgehead atoms. The van der Waals surface area contributed by atoms with Crippen molar-refractivity contribution in [1.29, 1.82) is 0 Å². The topological polar surface area (TPSA) is 49.4 Å². The number of nitrogens with zero attached hydrogens (tertiary/aromatic N) is 1. The fourth-order valence-electron chi connectivity index (χ4n) is 3.75. The number of amides is 2. The molecule has 3 fully saturated rings. The van der Waals surface area contributed by atoms with Crippen molar-refractivity contribution < 1.29 is 9.59 Å². The van der Waals surface area contributed by atoms with E-state index in [1.165, 1.54) is 0 Å². The van der Waals surface area contributed by atoms with Crippen LogP contribution in [0.25, 0.3) is 0 Å². The lowest BCUT2D eigenvalue weighted by atomic mass is 9.85. The lowest BCUT2D eigenvalue weighted by Gasteiger charge is -2.48. The van der Waals surface area contributed by atoms with Gasteiger partial charge in [-0.3, -0.25) is 9.59 Å². The molecule has 0 aromatic rings. The van der Waals surface area contributed by atoms with Crippen LogP contribution in [0.4, 0.5) is 0 Å². The van der Waals surface area contributed by atoms with Crippen LogP contribution >= 0.6 is 0 Å². The standard InChI is InChI=1S/C17H28N2O2/c1-4-11(5-2)10-19-15(20)14(12-6-7-12)18-16(21)17(19,3)13-8-9-13/h11-14H,4-10H2,1-3H3,(H,18,21). The predicted octanol–water partition coefficient (Wildman–Crippen LogP) is 2.33. The van der Waals surface area contributed by atoms with Crippen LogP contribution in [0.3, 0.4) is 0 Å². The van der Waals surface area contributed by atoms with Gasteiger partial charge >= 0.3 is 0 Å². The van der Waals surface area contributed by atoms with E-state index >= 15 is 0 Å². The largest absolute Gasteiger partial charge is 0.342 e. The maximum absolute atomic E-state index is 13.0. The minimum atomic E-state index is -0.606. The Morgan fingerprint density at radius 1 is 1.19 bits per heavy atom. The van der Waals surface area contributed by atoms with Crippen LogP contribution in [-0.2, 0) is 9.59 Å². The van der Waals surface area contributed by atoms with E-state index in [1.807, 2.05) is 11.8 Å². The van der Waals surface area contributed by atoms with E-state index in [-0.39, 0.29) is 17.9 Å². The first kappa shape index (κ1) is 14.9. The molecule has 1 heterocycles. The second kappa shape index (κ2) is 5.29. The van der Waals surface area contributed by atoms with Crippen molar-refractivity contribution in [3.05, 3.63) is 0 Å². The number of rotatable bonds is 6. The van der Waals surface area contributed by atoms with E-state index in [1.54, 1.807) is 0 Å². The number of hydrogen-bond donors (Lipinski definition) is 1. The summed E-state index contributed by atoms with van der Waals surface area (Å²) in [5, 5.41) is 3.05. The second-order valence-electron chi connectivity index (χ2n) is 7.34. The number of nitrogens with one attached hydrogen (secondary N) is 1. The number of hydrogen-bond acceptors (Lipinski definition) is 2. The second-order valence-corrected chi connectivity index (χ2v) is 7.34. The summed E-state index contributed by atoms with van der Waals surface area (Å²) in [7, 11) is 0. The van der Waals surface area contributed by atoms with Crippen LogP contribution in [0.2, 0.25) is 0 Å². The molecule has 1 aliphatic heterocycles. The number of carbonyl (C=O) groups is 2. The van der Waals surface area contributed by atoms with Crippen molar-refractivity contribution in [3.63, 3.8) is 0 Å². The molecule has 1 N–H and O–H groups in total. The van der Waals surface area contributed by atoms with E-state index in [2.05, 4.69) is 19.2 Å². The minimum Gasteiger partial charge on any atom is -0.342 e. The normalized spacial score (nSPS) is 33.5. The van der Waals surface area contributed by atoms with E-state index in [9.17, 15) is 9.59 Å². The third kappa shape index (κ3) is 2.47. The molecule has 4 heteroatoms. The molecule has 0 aromatic carbocycles. The highest BCUT2D eigenvalue weighted by atomic mass is 16.2. The third-order valence-corrected chi connectivity index (χ3v) is 5.90. The average molecular weight is 292 g/mol. The fraction of sp³-hybridized carbons (Fsp3) is 0.882. The SMILES string of the molecule is CCC(CC)CN1C(=O)C(C2CC2)NC(=O)C1(C)C1CC1. The smallest absolute Gasteiger partial charge is 0.246 e. The van der Waals surface area contributed by atoms with Gasteiger partial charge in [0.2, 0.25) is 11.8 Å². The van der Waals surface area contributed by atoms with E-state index < -0.39 is 5.54 Å². The zero-order chi connectivity index (χ0) is 15.2. The van der Waals surface area contributed by atoms with Gasteiger partial charge in [-0.1, -0.05) is 26.7 Å². The molecule has 0 spiro atoms. The van der Waals surface area contributed by atoms with Gasteiger partial charge in [-0.15, -0.1) is 0 Å². The molecule has 2 aliphatic carbocycles. The Balaban J connectivity index is 1.87. The highest BCUT2D eigenvalue weighted by Gasteiger charge is 2.58. The van der Waals surface area contributed by atoms with Crippen LogP contribution in [0, 0.1) is 17.8 Å². The first-order valence-corrected chi connectivity index (χ1v) is 8.64. The van der Waals surface area contributed by atoms with Crippen LogP contribution in [-0.4, -0.2) is 34.8 Å². The van der Waals surface area contributed by atoms with Crippen LogP contribution in [0.1, 0.15) is 59.3 Å². The summed E-state index contributed by atoms with van der Waals surface area (Å²) in [6, 6.07) is -0.251. The Labute approximate surface area is 127 Å². The van der Waals surface area contributed by atoms with Gasteiger partial charge in [0.15, 0.2) is 0 Å². The molecule has 118 valence electrons. The molecular weight excluding hydrogens is 264 g/mol. The highest BCUT2D eigenvalue weighted by molar-refractivity contribution is 6.00. The lowest BCUT2D eigenvalue weighted by Crippen LogP contribution is -2.71. The minimum absolute atomic E-state index is 0.0902. The number of piperazine rings is 1. The van der Waals surface area contributed by atoms with Crippen molar-refractivity contribution in [2.75, 3.05) is 6.54 Å². The Morgan fingerprint density at radius 2 is 1.81 bits per heavy atom. The molecular formula is C17H28N2O2. The molecule has 21 heavy (non-hydrogen) atoms. The molecule has 0 aromatic heterocycles. The maximum atomic E-state index is 13.0. The summed E-state index contributed by atoms with van der Waals surface area (Å²) in [6.45, 7) is 7.09. The molecule has 3 aliphatic rings. The van der Waals surface area contributed by atoms with Crippen LogP contribution in [0.5, 0.6) is 0 Å². The summed E-state index contributed by atoms with van der Waals surface area (Å²) < 4.78 is 0. The Morgan fingerprint density at radius 3 is 2.29 bits per heavy atom. The molecule has 2 atom stereocenters. The van der Waals surface area contributed by atoms with Gasteiger partial charge < -0.3 is 10.2 Å². The van der Waals surface area contributed by atoms with Gasteiger partial charge in [0.25, 0.3) is 0 Å². The summed E-state index contributed by atoms with van der Waals surface area (Å²) in [4.78, 5) is 27.7. The predicted molar refractivity (Wildman–Crippen MR) is 81.6 cm³/mol. The van der Waals surface area contributed by atoms with Gasteiger partial charge in [0.05, 0.1) is 0 Å². The number of carbonyl (C=O) groups excluding carboxylic acids is 2. The van der Waals surface area contributed by atoms with Crippen molar-refractivity contribution in [3.8, 4) is 0 Å². The first-order valence-electron chi connectivity index (χ1n) is 8.64. The Hall–Kier alpha value is -1.06. The van der Waals surface area contributed by atoms with Gasteiger partial charge in [-0.05, 0) is 50.4 Å². The first-order chi connectivity index (χ1) is 10.0. The molecule has 2 unspecified atom stereocenters. The van der Waals surface area contributed by atoms with Crippen LogP contribution in [0.15, 0.2) is 0 Å². The monoisotopic (exact) mass is 292 g/mol. The highest BCUT2D eigenvalue weighted by Crippen LogP contribution is 2.47. The summed E-state index contributed by atoms with van der Waals surface area (Å²) >= 11 is 0. The van der Waals surface area contributed by atoms with Gasteiger partial charge in [0, 0.05) is 6.54 Å². The molecule has 0 radical (unpaired) electrons. The zero-order valence-corrected chi connectivity index (χ0v) is 13.5. The molecule has 2 saturated carbocycles. The Bertz CT molecular complexity index is 438.